The molecule has 1 aromatic carbocycles. The zero-order chi connectivity index (χ0) is 14.9. The lowest BCUT2D eigenvalue weighted by Gasteiger charge is -2.30. The Morgan fingerprint density at radius 1 is 1.33 bits per heavy atom. The van der Waals surface area contributed by atoms with Crippen LogP contribution in [0.3, 0.4) is 0 Å². The Bertz CT molecular complexity index is 481. The molecule has 0 spiro atoms. The summed E-state index contributed by atoms with van der Waals surface area (Å²) in [4.78, 5) is 6.57. The molecular formula is C16H24N4O. The number of hydrogen-bond acceptors (Lipinski definition) is 3. The van der Waals surface area contributed by atoms with Crippen LogP contribution in [0, 0.1) is 0 Å². The van der Waals surface area contributed by atoms with Crippen molar-refractivity contribution in [3.05, 3.63) is 42.5 Å². The third-order valence-electron chi connectivity index (χ3n) is 3.43. The van der Waals surface area contributed by atoms with E-state index in [9.17, 15) is 0 Å². The maximum absolute atomic E-state index is 5.43. The number of para-hydroxylation sites is 1. The molecule has 1 aliphatic heterocycles. The van der Waals surface area contributed by atoms with Gasteiger partial charge in [-0.25, -0.2) is 0 Å². The topological polar surface area (TPSA) is 48.9 Å². The first-order valence-electron chi connectivity index (χ1n) is 7.31. The van der Waals surface area contributed by atoms with Gasteiger partial charge in [0.2, 0.25) is 0 Å². The van der Waals surface area contributed by atoms with Gasteiger partial charge in [-0.1, -0.05) is 24.3 Å². The van der Waals surface area contributed by atoms with Crippen LogP contribution in [0.2, 0.25) is 0 Å². The molecule has 1 aliphatic rings. The minimum absolute atomic E-state index is 0.699. The summed E-state index contributed by atoms with van der Waals surface area (Å²) in [6, 6.07) is 8.47. The van der Waals surface area contributed by atoms with E-state index in [1.807, 2.05) is 6.08 Å². The first-order chi connectivity index (χ1) is 10.3. The highest BCUT2D eigenvalue weighted by atomic mass is 16.5. The summed E-state index contributed by atoms with van der Waals surface area (Å²) in [5, 5.41) is 6.51. The maximum Gasteiger partial charge on any atom is 0.191 e. The largest absolute Gasteiger partial charge is 0.378 e. The lowest BCUT2D eigenvalue weighted by atomic mass is 10.1. The quantitative estimate of drug-likeness (QED) is 0.488. The van der Waals surface area contributed by atoms with Gasteiger partial charge in [-0.3, -0.25) is 4.99 Å². The van der Waals surface area contributed by atoms with Crippen LogP contribution in [-0.4, -0.2) is 45.9 Å². The van der Waals surface area contributed by atoms with E-state index in [4.69, 9.17) is 4.74 Å². The molecule has 1 heterocycles. The molecule has 114 valence electrons. The van der Waals surface area contributed by atoms with Crippen LogP contribution >= 0.6 is 0 Å². The maximum atomic E-state index is 5.43. The molecule has 5 heteroatoms. The number of anilines is 1. The summed E-state index contributed by atoms with van der Waals surface area (Å²) in [5.41, 5.74) is 2.54. The Balaban J connectivity index is 2.00. The molecule has 1 aromatic rings. The van der Waals surface area contributed by atoms with Crippen LogP contribution in [0.15, 0.2) is 41.9 Å². The zero-order valence-electron chi connectivity index (χ0n) is 12.6. The second-order valence-corrected chi connectivity index (χ2v) is 4.82. The summed E-state index contributed by atoms with van der Waals surface area (Å²) in [5.74, 6) is 0.784. The number of nitrogens with zero attached hydrogens (tertiary/aromatic N) is 2. The van der Waals surface area contributed by atoms with Crippen LogP contribution in [0.25, 0.3) is 0 Å². The molecule has 0 bridgehead atoms. The summed E-state index contributed by atoms with van der Waals surface area (Å²) in [6.45, 7) is 8.62. The average molecular weight is 288 g/mol. The molecule has 0 atom stereocenters. The van der Waals surface area contributed by atoms with Gasteiger partial charge in [-0.2, -0.15) is 0 Å². The molecule has 0 aromatic heterocycles. The Morgan fingerprint density at radius 3 is 2.81 bits per heavy atom. The molecule has 0 radical (unpaired) electrons. The molecule has 0 saturated carbocycles. The van der Waals surface area contributed by atoms with E-state index in [1.54, 1.807) is 7.05 Å². The van der Waals surface area contributed by atoms with E-state index < -0.39 is 0 Å². The van der Waals surface area contributed by atoms with Gasteiger partial charge in [0.05, 0.1) is 13.2 Å². The van der Waals surface area contributed by atoms with Crippen molar-refractivity contribution >= 4 is 11.6 Å². The fraction of sp³-hybridized carbons (Fsp3) is 0.438. The van der Waals surface area contributed by atoms with Crippen molar-refractivity contribution in [2.75, 3.05) is 44.8 Å². The van der Waals surface area contributed by atoms with Crippen LogP contribution in [0.1, 0.15) is 5.56 Å². The number of morpholine rings is 1. The lowest BCUT2D eigenvalue weighted by molar-refractivity contribution is 0.122. The van der Waals surface area contributed by atoms with Gasteiger partial charge < -0.3 is 20.3 Å². The molecule has 0 amide bonds. The zero-order valence-corrected chi connectivity index (χ0v) is 12.6. The number of guanidine groups is 1. The van der Waals surface area contributed by atoms with Crippen molar-refractivity contribution in [3.8, 4) is 0 Å². The van der Waals surface area contributed by atoms with Crippen molar-refractivity contribution in [2.24, 2.45) is 4.99 Å². The van der Waals surface area contributed by atoms with E-state index in [2.05, 4.69) is 51.4 Å². The normalized spacial score (nSPS) is 15.7. The molecule has 1 saturated heterocycles. The SMILES string of the molecule is C=CCNC(=NC)NCc1ccccc1N1CCOCC1. The second kappa shape index (κ2) is 8.32. The smallest absolute Gasteiger partial charge is 0.191 e. The number of benzene rings is 1. The van der Waals surface area contributed by atoms with Gasteiger partial charge in [0, 0.05) is 38.9 Å². The lowest BCUT2D eigenvalue weighted by Crippen LogP contribution is -2.39. The molecule has 2 rings (SSSR count). The Kier molecular flexibility index (Phi) is 6.09. The van der Waals surface area contributed by atoms with Crippen LogP contribution in [0.5, 0.6) is 0 Å². The Labute approximate surface area is 126 Å². The number of nitrogens with one attached hydrogen (secondary N) is 2. The minimum atomic E-state index is 0.699. The molecule has 5 nitrogen and oxygen atoms in total. The first kappa shape index (κ1) is 15.4. The minimum Gasteiger partial charge on any atom is -0.378 e. The molecule has 21 heavy (non-hydrogen) atoms. The fourth-order valence-electron chi connectivity index (χ4n) is 2.34. The summed E-state index contributed by atoms with van der Waals surface area (Å²) >= 11 is 0. The standard InChI is InChI=1S/C16H24N4O/c1-3-8-18-16(17-2)19-13-14-6-4-5-7-15(14)20-9-11-21-12-10-20/h3-7H,1,8-13H2,2H3,(H2,17,18,19). The van der Waals surface area contributed by atoms with E-state index in [1.165, 1.54) is 11.3 Å². The van der Waals surface area contributed by atoms with E-state index in [0.29, 0.717) is 6.54 Å². The number of aliphatic imine (C=N–C) groups is 1. The molecule has 1 fully saturated rings. The molecule has 0 unspecified atom stereocenters. The number of ether oxygens (including phenoxy) is 1. The van der Waals surface area contributed by atoms with Crippen molar-refractivity contribution in [3.63, 3.8) is 0 Å². The van der Waals surface area contributed by atoms with Crippen LogP contribution in [-0.2, 0) is 11.3 Å². The van der Waals surface area contributed by atoms with Crippen molar-refractivity contribution in [1.29, 1.82) is 0 Å². The van der Waals surface area contributed by atoms with Crippen LogP contribution in [0.4, 0.5) is 5.69 Å². The highest BCUT2D eigenvalue weighted by Crippen LogP contribution is 2.21. The van der Waals surface area contributed by atoms with Gasteiger partial charge in [0.25, 0.3) is 0 Å². The summed E-state index contributed by atoms with van der Waals surface area (Å²) in [7, 11) is 1.77. The van der Waals surface area contributed by atoms with Gasteiger partial charge >= 0.3 is 0 Å². The Morgan fingerprint density at radius 2 is 2.10 bits per heavy atom. The molecular weight excluding hydrogens is 264 g/mol. The predicted octanol–water partition coefficient (Wildman–Crippen LogP) is 1.37. The third kappa shape index (κ3) is 4.49. The van der Waals surface area contributed by atoms with Crippen molar-refractivity contribution in [2.45, 2.75) is 6.54 Å². The van der Waals surface area contributed by atoms with Crippen molar-refractivity contribution < 1.29 is 4.74 Å². The van der Waals surface area contributed by atoms with E-state index in [-0.39, 0.29) is 0 Å². The average Bonchev–Trinajstić information content (AvgIpc) is 2.56. The van der Waals surface area contributed by atoms with Crippen LogP contribution < -0.4 is 15.5 Å². The molecule has 2 N–H and O–H groups in total. The first-order valence-corrected chi connectivity index (χ1v) is 7.31. The second-order valence-electron chi connectivity index (χ2n) is 4.82. The summed E-state index contributed by atoms with van der Waals surface area (Å²) in [6.07, 6.45) is 1.81. The number of rotatable bonds is 5. The third-order valence-corrected chi connectivity index (χ3v) is 3.43. The number of hydrogen-bond donors (Lipinski definition) is 2. The fourth-order valence-corrected chi connectivity index (χ4v) is 2.34. The monoisotopic (exact) mass is 288 g/mol. The summed E-state index contributed by atoms with van der Waals surface area (Å²) < 4.78 is 5.43. The van der Waals surface area contributed by atoms with Gasteiger partial charge in [0.15, 0.2) is 5.96 Å². The van der Waals surface area contributed by atoms with Gasteiger partial charge in [-0.05, 0) is 11.6 Å². The van der Waals surface area contributed by atoms with E-state index in [0.717, 1.165) is 38.8 Å². The van der Waals surface area contributed by atoms with E-state index >= 15 is 0 Å². The Hall–Kier alpha value is -2.01. The highest BCUT2D eigenvalue weighted by molar-refractivity contribution is 5.80. The van der Waals surface area contributed by atoms with Gasteiger partial charge in [0.1, 0.15) is 0 Å². The molecule has 0 aliphatic carbocycles. The highest BCUT2D eigenvalue weighted by Gasteiger charge is 2.14. The predicted molar refractivity (Wildman–Crippen MR) is 87.9 cm³/mol. The van der Waals surface area contributed by atoms with Gasteiger partial charge in [-0.15, -0.1) is 6.58 Å². The van der Waals surface area contributed by atoms with Crippen molar-refractivity contribution in [1.82, 2.24) is 10.6 Å².